The minimum Gasteiger partial charge on any atom is -0.476 e. The zero-order chi connectivity index (χ0) is 11.8. The van der Waals surface area contributed by atoms with Crippen molar-refractivity contribution in [3.63, 3.8) is 0 Å². The Bertz CT molecular complexity index is 345. The summed E-state index contributed by atoms with van der Waals surface area (Å²) in [5.41, 5.74) is -0.121. The molecule has 1 aromatic rings. The summed E-state index contributed by atoms with van der Waals surface area (Å²) in [5.74, 6) is -0.922. The van der Waals surface area contributed by atoms with E-state index in [-0.39, 0.29) is 24.7 Å². The zero-order valence-corrected chi connectivity index (χ0v) is 8.59. The number of ether oxygens (including phenoxy) is 1. The summed E-state index contributed by atoms with van der Waals surface area (Å²) >= 11 is 0. The van der Waals surface area contributed by atoms with Crippen LogP contribution in [-0.2, 0) is 4.74 Å². The summed E-state index contributed by atoms with van der Waals surface area (Å²) in [5, 5.41) is 20.0. The van der Waals surface area contributed by atoms with Gasteiger partial charge in [-0.25, -0.2) is 14.8 Å². The maximum absolute atomic E-state index is 10.8. The molecular weight excluding hydrogens is 214 g/mol. The van der Waals surface area contributed by atoms with Gasteiger partial charge < -0.3 is 20.3 Å². The molecule has 1 rings (SSSR count). The normalized spacial score (nSPS) is 10.1. The summed E-state index contributed by atoms with van der Waals surface area (Å²) in [6.07, 6.45) is 2.72. The lowest BCUT2D eigenvalue weighted by Crippen LogP contribution is -2.15. The van der Waals surface area contributed by atoms with Crippen LogP contribution >= 0.6 is 0 Å². The molecule has 0 aliphatic rings. The molecule has 1 aromatic heterocycles. The van der Waals surface area contributed by atoms with Crippen LogP contribution in [0.1, 0.15) is 10.5 Å². The van der Waals surface area contributed by atoms with Crippen molar-refractivity contribution in [3.8, 4) is 0 Å². The lowest BCUT2D eigenvalue weighted by Gasteiger charge is -2.07. The van der Waals surface area contributed by atoms with Crippen LogP contribution in [0.15, 0.2) is 12.4 Å². The van der Waals surface area contributed by atoms with Gasteiger partial charge in [0.25, 0.3) is 0 Å². The Morgan fingerprint density at radius 1 is 1.38 bits per heavy atom. The fourth-order valence-electron chi connectivity index (χ4n) is 1.03. The maximum Gasteiger partial charge on any atom is 0.358 e. The number of aliphatic hydroxyl groups excluding tert-OH is 1. The SMILES string of the molecule is O=C(O)c1nccnc1NCCOCCO. The molecule has 7 heteroatoms. The lowest BCUT2D eigenvalue weighted by molar-refractivity contribution is 0.0691. The first-order chi connectivity index (χ1) is 7.75. The van der Waals surface area contributed by atoms with E-state index < -0.39 is 5.97 Å². The highest BCUT2D eigenvalue weighted by Gasteiger charge is 2.11. The van der Waals surface area contributed by atoms with E-state index in [1.54, 1.807) is 0 Å². The molecule has 0 saturated carbocycles. The molecule has 16 heavy (non-hydrogen) atoms. The first-order valence-corrected chi connectivity index (χ1v) is 4.72. The first kappa shape index (κ1) is 12.3. The van der Waals surface area contributed by atoms with Crippen molar-refractivity contribution in [2.75, 3.05) is 31.7 Å². The maximum atomic E-state index is 10.8. The molecule has 0 aliphatic heterocycles. The van der Waals surface area contributed by atoms with Gasteiger partial charge in [0, 0.05) is 18.9 Å². The minimum absolute atomic E-state index is 0.0362. The third-order valence-corrected chi connectivity index (χ3v) is 1.68. The Morgan fingerprint density at radius 3 is 2.81 bits per heavy atom. The van der Waals surface area contributed by atoms with Gasteiger partial charge in [-0.3, -0.25) is 0 Å². The van der Waals surface area contributed by atoms with Gasteiger partial charge in [0.2, 0.25) is 0 Å². The Kier molecular flexibility index (Phi) is 5.17. The predicted molar refractivity (Wildman–Crippen MR) is 55.4 cm³/mol. The molecule has 0 fully saturated rings. The summed E-state index contributed by atoms with van der Waals surface area (Å²) in [7, 11) is 0. The molecule has 88 valence electrons. The summed E-state index contributed by atoms with van der Waals surface area (Å²) in [6.45, 7) is 0.981. The second kappa shape index (κ2) is 6.70. The molecule has 0 aliphatic carbocycles. The van der Waals surface area contributed by atoms with Crippen molar-refractivity contribution in [1.82, 2.24) is 9.97 Å². The van der Waals surface area contributed by atoms with E-state index in [4.69, 9.17) is 14.9 Å². The summed E-state index contributed by atoms with van der Waals surface area (Å²) in [4.78, 5) is 18.3. The minimum atomic E-state index is -1.13. The van der Waals surface area contributed by atoms with E-state index in [2.05, 4.69) is 15.3 Å². The van der Waals surface area contributed by atoms with E-state index in [0.717, 1.165) is 0 Å². The van der Waals surface area contributed by atoms with Gasteiger partial charge >= 0.3 is 5.97 Å². The van der Waals surface area contributed by atoms with Crippen LogP contribution in [0.5, 0.6) is 0 Å². The quantitative estimate of drug-likeness (QED) is 0.544. The monoisotopic (exact) mass is 227 g/mol. The molecule has 0 atom stereocenters. The van der Waals surface area contributed by atoms with Gasteiger partial charge in [-0.15, -0.1) is 0 Å². The Morgan fingerprint density at radius 2 is 2.12 bits per heavy atom. The number of carboxylic acids is 1. The van der Waals surface area contributed by atoms with Crippen LogP contribution in [0.3, 0.4) is 0 Å². The molecule has 0 aromatic carbocycles. The molecule has 0 unspecified atom stereocenters. The number of nitrogens with one attached hydrogen (secondary N) is 1. The van der Waals surface area contributed by atoms with Crippen molar-refractivity contribution in [2.45, 2.75) is 0 Å². The average Bonchev–Trinajstić information content (AvgIpc) is 2.29. The van der Waals surface area contributed by atoms with Gasteiger partial charge in [0.05, 0.1) is 19.8 Å². The Labute approximate surface area is 92.1 Å². The highest BCUT2D eigenvalue weighted by molar-refractivity contribution is 5.90. The Hall–Kier alpha value is -1.73. The largest absolute Gasteiger partial charge is 0.476 e. The number of carbonyl (C=O) groups is 1. The summed E-state index contributed by atoms with van der Waals surface area (Å²) in [6, 6.07) is 0. The highest BCUT2D eigenvalue weighted by Crippen LogP contribution is 2.06. The number of hydrogen-bond donors (Lipinski definition) is 3. The fraction of sp³-hybridized carbons (Fsp3) is 0.444. The number of aliphatic hydroxyl groups is 1. The molecular formula is C9H13N3O4. The van der Waals surface area contributed by atoms with Crippen LogP contribution in [0.2, 0.25) is 0 Å². The van der Waals surface area contributed by atoms with Crippen molar-refractivity contribution in [3.05, 3.63) is 18.1 Å². The van der Waals surface area contributed by atoms with Gasteiger partial charge in [0.1, 0.15) is 0 Å². The van der Waals surface area contributed by atoms with Crippen LogP contribution in [0.4, 0.5) is 5.82 Å². The summed E-state index contributed by atoms with van der Waals surface area (Å²) < 4.78 is 5.00. The van der Waals surface area contributed by atoms with Gasteiger partial charge in [-0.2, -0.15) is 0 Å². The van der Waals surface area contributed by atoms with Crippen LogP contribution in [-0.4, -0.2) is 52.5 Å². The topological polar surface area (TPSA) is 105 Å². The van der Waals surface area contributed by atoms with E-state index >= 15 is 0 Å². The van der Waals surface area contributed by atoms with Gasteiger partial charge in [0.15, 0.2) is 11.5 Å². The number of anilines is 1. The standard InChI is InChI=1S/C9H13N3O4/c13-4-6-16-5-3-12-8-7(9(14)15)10-1-2-11-8/h1-2,13H,3-6H2,(H,11,12)(H,14,15). The van der Waals surface area contributed by atoms with Crippen LogP contribution in [0, 0.1) is 0 Å². The molecule has 0 spiro atoms. The number of rotatable bonds is 7. The van der Waals surface area contributed by atoms with Crippen molar-refractivity contribution in [1.29, 1.82) is 0 Å². The van der Waals surface area contributed by atoms with E-state index in [0.29, 0.717) is 13.2 Å². The number of aromatic carboxylic acids is 1. The van der Waals surface area contributed by atoms with Crippen LogP contribution < -0.4 is 5.32 Å². The molecule has 0 bridgehead atoms. The third kappa shape index (κ3) is 3.79. The number of nitrogens with zero attached hydrogens (tertiary/aromatic N) is 2. The Balaban J connectivity index is 2.44. The second-order valence-electron chi connectivity index (χ2n) is 2.82. The number of aromatic nitrogens is 2. The smallest absolute Gasteiger partial charge is 0.358 e. The zero-order valence-electron chi connectivity index (χ0n) is 8.59. The molecule has 0 amide bonds. The molecule has 7 nitrogen and oxygen atoms in total. The number of hydrogen-bond acceptors (Lipinski definition) is 6. The van der Waals surface area contributed by atoms with Crippen molar-refractivity contribution in [2.24, 2.45) is 0 Å². The third-order valence-electron chi connectivity index (χ3n) is 1.68. The highest BCUT2D eigenvalue weighted by atomic mass is 16.5. The fourth-order valence-corrected chi connectivity index (χ4v) is 1.03. The van der Waals surface area contributed by atoms with Crippen molar-refractivity contribution < 1.29 is 19.7 Å². The van der Waals surface area contributed by atoms with Crippen molar-refractivity contribution >= 4 is 11.8 Å². The van der Waals surface area contributed by atoms with E-state index in [1.807, 2.05) is 0 Å². The van der Waals surface area contributed by atoms with Gasteiger partial charge in [-0.05, 0) is 0 Å². The second-order valence-corrected chi connectivity index (χ2v) is 2.82. The number of carboxylic acid groups (broad SMARTS) is 1. The molecule has 1 heterocycles. The lowest BCUT2D eigenvalue weighted by atomic mass is 10.4. The molecule has 0 radical (unpaired) electrons. The first-order valence-electron chi connectivity index (χ1n) is 4.72. The average molecular weight is 227 g/mol. The van der Waals surface area contributed by atoms with Gasteiger partial charge in [-0.1, -0.05) is 0 Å². The van der Waals surface area contributed by atoms with E-state index in [9.17, 15) is 4.79 Å². The predicted octanol–water partition coefficient (Wildman–Crippen LogP) is -0.404. The molecule has 3 N–H and O–H groups in total. The van der Waals surface area contributed by atoms with Crippen LogP contribution in [0.25, 0.3) is 0 Å². The molecule has 0 saturated heterocycles. The van der Waals surface area contributed by atoms with E-state index in [1.165, 1.54) is 12.4 Å².